The molecule has 15 heavy (non-hydrogen) atoms. The molecule has 1 aliphatic rings. The maximum atomic E-state index is 11.5. The zero-order valence-corrected chi connectivity index (χ0v) is 9.04. The third kappa shape index (κ3) is 1.74. The van der Waals surface area contributed by atoms with Crippen LogP contribution < -0.4 is 4.90 Å². The Morgan fingerprint density at radius 2 is 2.47 bits per heavy atom. The van der Waals surface area contributed by atoms with E-state index < -0.39 is 6.10 Å². The summed E-state index contributed by atoms with van der Waals surface area (Å²) in [6.45, 7) is 2.19. The lowest BCUT2D eigenvalue weighted by molar-refractivity contribution is -0.117. The number of thiophene rings is 1. The van der Waals surface area contributed by atoms with Gasteiger partial charge in [0.1, 0.15) is 11.1 Å². The van der Waals surface area contributed by atoms with E-state index in [0.29, 0.717) is 17.1 Å². The Balaban J connectivity index is 2.38. The number of hydrogen-bond acceptors (Lipinski definition) is 4. The Morgan fingerprint density at radius 1 is 1.73 bits per heavy atom. The fourth-order valence-electron chi connectivity index (χ4n) is 1.67. The smallest absolute Gasteiger partial charge is 0.230 e. The van der Waals surface area contributed by atoms with Crippen molar-refractivity contribution in [1.29, 1.82) is 5.26 Å². The van der Waals surface area contributed by atoms with Crippen molar-refractivity contribution in [3.63, 3.8) is 0 Å². The van der Waals surface area contributed by atoms with Crippen LogP contribution in [0.25, 0.3) is 0 Å². The Morgan fingerprint density at radius 3 is 3.00 bits per heavy atom. The van der Waals surface area contributed by atoms with Gasteiger partial charge in [-0.2, -0.15) is 5.26 Å². The van der Waals surface area contributed by atoms with Gasteiger partial charge in [0, 0.05) is 4.88 Å². The molecule has 1 fully saturated rings. The topological polar surface area (TPSA) is 64.3 Å². The first kappa shape index (κ1) is 10.1. The van der Waals surface area contributed by atoms with Crippen molar-refractivity contribution in [2.75, 3.05) is 11.4 Å². The molecule has 0 saturated carbocycles. The van der Waals surface area contributed by atoms with Crippen molar-refractivity contribution in [2.24, 2.45) is 0 Å². The summed E-state index contributed by atoms with van der Waals surface area (Å²) >= 11 is 1.41. The largest absolute Gasteiger partial charge is 0.391 e. The van der Waals surface area contributed by atoms with E-state index in [1.165, 1.54) is 16.2 Å². The third-order valence-electron chi connectivity index (χ3n) is 2.31. The van der Waals surface area contributed by atoms with Crippen LogP contribution in [0.1, 0.15) is 16.9 Å². The van der Waals surface area contributed by atoms with Gasteiger partial charge in [0.15, 0.2) is 0 Å². The molecule has 1 N–H and O–H groups in total. The van der Waals surface area contributed by atoms with E-state index in [1.807, 2.05) is 6.92 Å². The molecule has 1 saturated heterocycles. The molecule has 1 atom stereocenters. The summed E-state index contributed by atoms with van der Waals surface area (Å²) in [5.41, 5.74) is 0.514. The number of amides is 1. The molecule has 2 heterocycles. The van der Waals surface area contributed by atoms with Gasteiger partial charge >= 0.3 is 0 Å². The molecule has 1 aromatic heterocycles. The van der Waals surface area contributed by atoms with Crippen molar-refractivity contribution in [3.8, 4) is 6.07 Å². The molecule has 1 unspecified atom stereocenters. The van der Waals surface area contributed by atoms with Crippen LogP contribution in [0.15, 0.2) is 6.07 Å². The van der Waals surface area contributed by atoms with Gasteiger partial charge in [0.2, 0.25) is 5.91 Å². The minimum atomic E-state index is -0.605. The van der Waals surface area contributed by atoms with Gasteiger partial charge in [-0.05, 0) is 13.0 Å². The number of aliphatic hydroxyl groups excluding tert-OH is 1. The van der Waals surface area contributed by atoms with Gasteiger partial charge in [0.05, 0.1) is 24.6 Å². The van der Waals surface area contributed by atoms with Crippen molar-refractivity contribution in [1.82, 2.24) is 0 Å². The molecule has 78 valence electrons. The summed E-state index contributed by atoms with van der Waals surface area (Å²) in [7, 11) is 0. The number of β-amino-alcohol motifs (C(OH)–C–C–N with tert-alkyl or cyclic N) is 1. The quantitative estimate of drug-likeness (QED) is 0.771. The highest BCUT2D eigenvalue weighted by molar-refractivity contribution is 7.16. The molecule has 0 aromatic carbocycles. The highest BCUT2D eigenvalue weighted by Crippen LogP contribution is 2.33. The summed E-state index contributed by atoms with van der Waals surface area (Å²) in [6.07, 6.45) is -0.451. The zero-order chi connectivity index (χ0) is 11.0. The second kappa shape index (κ2) is 3.65. The molecule has 0 radical (unpaired) electrons. The van der Waals surface area contributed by atoms with Crippen LogP contribution in [0.4, 0.5) is 5.00 Å². The highest BCUT2D eigenvalue weighted by atomic mass is 32.1. The standard InChI is InChI=1S/C10H10N2O2S/c1-6-2-7(4-11)10(15-6)12-5-8(13)3-9(12)14/h2,8,13H,3,5H2,1H3. The number of hydrogen-bond donors (Lipinski definition) is 1. The van der Waals surface area contributed by atoms with Crippen LogP contribution >= 0.6 is 11.3 Å². The summed E-state index contributed by atoms with van der Waals surface area (Å²) in [5, 5.41) is 18.9. The number of carbonyl (C=O) groups excluding carboxylic acids is 1. The van der Waals surface area contributed by atoms with Crippen molar-refractivity contribution >= 4 is 22.2 Å². The second-order valence-corrected chi connectivity index (χ2v) is 4.78. The van der Waals surface area contributed by atoms with Gasteiger partial charge in [-0.1, -0.05) is 0 Å². The molecule has 0 spiro atoms. The predicted molar refractivity (Wildman–Crippen MR) is 56.7 cm³/mol. The van der Waals surface area contributed by atoms with E-state index in [1.54, 1.807) is 6.07 Å². The van der Waals surface area contributed by atoms with Gasteiger partial charge in [-0.25, -0.2) is 0 Å². The summed E-state index contributed by atoms with van der Waals surface area (Å²) in [5.74, 6) is -0.110. The van der Waals surface area contributed by atoms with Crippen LogP contribution in [0, 0.1) is 18.3 Å². The molecule has 4 nitrogen and oxygen atoms in total. The van der Waals surface area contributed by atoms with Crippen LogP contribution in [-0.2, 0) is 4.79 Å². The van der Waals surface area contributed by atoms with Gasteiger partial charge < -0.3 is 5.11 Å². The fraction of sp³-hybridized carbons (Fsp3) is 0.400. The first-order valence-electron chi connectivity index (χ1n) is 4.61. The molecule has 2 rings (SSSR count). The number of nitrogens with zero attached hydrogens (tertiary/aromatic N) is 2. The van der Waals surface area contributed by atoms with Crippen LogP contribution in [0.5, 0.6) is 0 Å². The Labute approximate surface area is 91.4 Å². The van der Waals surface area contributed by atoms with Crippen molar-refractivity contribution < 1.29 is 9.90 Å². The van der Waals surface area contributed by atoms with Crippen LogP contribution in [-0.4, -0.2) is 23.7 Å². The molecule has 5 heteroatoms. The average Bonchev–Trinajstić information content (AvgIpc) is 2.69. The van der Waals surface area contributed by atoms with Gasteiger partial charge in [-0.15, -0.1) is 11.3 Å². The predicted octanol–water partition coefficient (Wildman–Crippen LogP) is 1.03. The SMILES string of the molecule is Cc1cc(C#N)c(N2CC(O)CC2=O)s1. The minimum absolute atomic E-state index is 0.110. The third-order valence-corrected chi connectivity index (χ3v) is 3.38. The molecule has 0 bridgehead atoms. The lowest BCUT2D eigenvalue weighted by atomic mass is 10.3. The summed E-state index contributed by atoms with van der Waals surface area (Å²) < 4.78 is 0. The Bertz CT molecular complexity index is 447. The first-order chi connectivity index (χ1) is 7.11. The van der Waals surface area contributed by atoms with Crippen molar-refractivity contribution in [2.45, 2.75) is 19.4 Å². The number of aryl methyl sites for hydroxylation is 1. The molecule has 1 aliphatic heterocycles. The van der Waals surface area contributed by atoms with E-state index >= 15 is 0 Å². The van der Waals surface area contributed by atoms with Crippen LogP contribution in [0.3, 0.4) is 0 Å². The second-order valence-electron chi connectivity index (χ2n) is 3.55. The lowest BCUT2D eigenvalue weighted by Crippen LogP contribution is -2.24. The zero-order valence-electron chi connectivity index (χ0n) is 8.23. The van der Waals surface area contributed by atoms with E-state index in [2.05, 4.69) is 6.07 Å². The molecule has 1 amide bonds. The van der Waals surface area contributed by atoms with E-state index in [-0.39, 0.29) is 12.3 Å². The minimum Gasteiger partial charge on any atom is -0.391 e. The molecule has 0 aliphatic carbocycles. The Kier molecular flexibility index (Phi) is 2.47. The number of rotatable bonds is 1. The number of aliphatic hydroxyl groups is 1. The maximum Gasteiger partial charge on any atom is 0.230 e. The summed E-state index contributed by atoms with van der Waals surface area (Å²) in [6, 6.07) is 3.83. The average molecular weight is 222 g/mol. The fourth-order valence-corrected chi connectivity index (χ4v) is 2.65. The van der Waals surface area contributed by atoms with Gasteiger partial charge in [-0.3, -0.25) is 9.69 Å². The van der Waals surface area contributed by atoms with Crippen molar-refractivity contribution in [3.05, 3.63) is 16.5 Å². The molecule has 1 aromatic rings. The monoisotopic (exact) mass is 222 g/mol. The Hall–Kier alpha value is -1.38. The molecular formula is C10H10N2O2S. The highest BCUT2D eigenvalue weighted by Gasteiger charge is 2.31. The van der Waals surface area contributed by atoms with E-state index in [9.17, 15) is 9.90 Å². The van der Waals surface area contributed by atoms with E-state index in [4.69, 9.17) is 5.26 Å². The maximum absolute atomic E-state index is 11.5. The van der Waals surface area contributed by atoms with E-state index in [0.717, 1.165) is 4.88 Å². The lowest BCUT2D eigenvalue weighted by Gasteiger charge is -2.13. The molecular weight excluding hydrogens is 212 g/mol. The first-order valence-corrected chi connectivity index (χ1v) is 5.42. The van der Waals surface area contributed by atoms with Gasteiger partial charge in [0.25, 0.3) is 0 Å². The number of nitriles is 1. The number of carbonyl (C=O) groups is 1. The normalized spacial score (nSPS) is 20.7. The number of anilines is 1. The summed E-state index contributed by atoms with van der Waals surface area (Å²) in [4.78, 5) is 14.0. The van der Waals surface area contributed by atoms with Crippen LogP contribution in [0.2, 0.25) is 0 Å².